The van der Waals surface area contributed by atoms with E-state index in [4.69, 9.17) is 4.74 Å². The molecule has 0 bridgehead atoms. The van der Waals surface area contributed by atoms with Crippen molar-refractivity contribution in [2.75, 3.05) is 62.8 Å². The molecule has 0 aromatic heterocycles. The highest BCUT2D eigenvalue weighted by Gasteiger charge is 2.23. The summed E-state index contributed by atoms with van der Waals surface area (Å²) in [7, 11) is 1.32. The average Bonchev–Trinajstić information content (AvgIpc) is 2.52. The molecule has 128 valence electrons. The Hall–Kier alpha value is -1.80. The molecule has 0 aliphatic carbocycles. The lowest BCUT2D eigenvalue weighted by atomic mass is 10.1. The van der Waals surface area contributed by atoms with E-state index < -0.39 is 16.0 Å². The van der Waals surface area contributed by atoms with Crippen LogP contribution in [0.5, 0.6) is 0 Å². The summed E-state index contributed by atoms with van der Waals surface area (Å²) >= 11 is 0. The van der Waals surface area contributed by atoms with Crippen molar-refractivity contribution in [1.82, 2.24) is 4.90 Å². The van der Waals surface area contributed by atoms with E-state index in [-0.39, 0.29) is 5.56 Å². The van der Waals surface area contributed by atoms with Crippen LogP contribution in [0.1, 0.15) is 10.4 Å². The van der Waals surface area contributed by atoms with E-state index in [1.165, 1.54) is 14.2 Å². The number of anilines is 2. The Morgan fingerprint density at radius 1 is 1.22 bits per heavy atom. The zero-order valence-corrected chi connectivity index (χ0v) is 14.8. The first-order valence-electron chi connectivity index (χ1n) is 7.34. The van der Waals surface area contributed by atoms with E-state index >= 15 is 0 Å². The van der Waals surface area contributed by atoms with Gasteiger partial charge in [0.05, 0.1) is 24.6 Å². The minimum atomic E-state index is -3.46. The molecule has 1 saturated heterocycles. The summed E-state index contributed by atoms with van der Waals surface area (Å²) in [6, 6.07) is 5.20. The van der Waals surface area contributed by atoms with Crippen LogP contribution in [0.3, 0.4) is 0 Å². The number of carbonyl (C=O) groups is 1. The fraction of sp³-hybridized carbons (Fsp3) is 0.533. The van der Waals surface area contributed by atoms with Crippen molar-refractivity contribution in [2.24, 2.45) is 0 Å². The molecule has 0 spiro atoms. The second-order valence-corrected chi connectivity index (χ2v) is 7.73. The first kappa shape index (κ1) is 17.6. The number of hydrogen-bond donors (Lipinski definition) is 0. The van der Waals surface area contributed by atoms with Gasteiger partial charge in [0.15, 0.2) is 0 Å². The Labute approximate surface area is 137 Å². The lowest BCUT2D eigenvalue weighted by Gasteiger charge is -2.34. The maximum absolute atomic E-state index is 12.1. The summed E-state index contributed by atoms with van der Waals surface area (Å²) in [5.74, 6) is -0.550. The van der Waals surface area contributed by atoms with Gasteiger partial charge >= 0.3 is 5.97 Å². The number of carbonyl (C=O) groups excluding carboxylic acids is 1. The number of esters is 1. The maximum Gasteiger partial charge on any atom is 0.340 e. The fourth-order valence-electron chi connectivity index (χ4n) is 2.51. The molecule has 0 amide bonds. The lowest BCUT2D eigenvalue weighted by molar-refractivity contribution is 0.0601. The van der Waals surface area contributed by atoms with Crippen molar-refractivity contribution in [2.45, 2.75) is 0 Å². The van der Waals surface area contributed by atoms with Crippen LogP contribution < -0.4 is 9.21 Å². The Balaban J connectivity index is 2.40. The van der Waals surface area contributed by atoms with Gasteiger partial charge in [-0.05, 0) is 25.2 Å². The summed E-state index contributed by atoms with van der Waals surface area (Å²) < 4.78 is 29.5. The van der Waals surface area contributed by atoms with Crippen LogP contribution in [0.2, 0.25) is 0 Å². The normalized spacial score (nSPS) is 16.3. The van der Waals surface area contributed by atoms with E-state index in [2.05, 4.69) is 16.8 Å². The van der Waals surface area contributed by atoms with E-state index in [1.54, 1.807) is 12.1 Å². The fourth-order valence-corrected chi connectivity index (χ4v) is 3.03. The molecule has 1 fully saturated rings. The van der Waals surface area contributed by atoms with Crippen LogP contribution in [0.4, 0.5) is 11.4 Å². The number of piperazine rings is 1. The van der Waals surface area contributed by atoms with Crippen molar-refractivity contribution in [3.05, 3.63) is 23.8 Å². The van der Waals surface area contributed by atoms with Crippen LogP contribution in [0.15, 0.2) is 18.2 Å². The second-order valence-electron chi connectivity index (χ2n) is 5.71. The minimum absolute atomic E-state index is 0.247. The van der Waals surface area contributed by atoms with Gasteiger partial charge in [-0.2, -0.15) is 0 Å². The van der Waals surface area contributed by atoms with Crippen molar-refractivity contribution in [3.63, 3.8) is 0 Å². The predicted molar refractivity (Wildman–Crippen MR) is 90.7 cm³/mol. The molecule has 0 radical (unpaired) electrons. The second kappa shape index (κ2) is 6.76. The molecule has 0 saturated carbocycles. The Morgan fingerprint density at radius 3 is 2.35 bits per heavy atom. The summed E-state index contributed by atoms with van der Waals surface area (Å²) in [5, 5.41) is 0. The van der Waals surface area contributed by atoms with Gasteiger partial charge in [-0.3, -0.25) is 4.31 Å². The van der Waals surface area contributed by atoms with Gasteiger partial charge in [-0.1, -0.05) is 0 Å². The van der Waals surface area contributed by atoms with Crippen molar-refractivity contribution in [1.29, 1.82) is 0 Å². The van der Waals surface area contributed by atoms with Crippen LogP contribution in [0, 0.1) is 0 Å². The van der Waals surface area contributed by atoms with Crippen LogP contribution in [0.25, 0.3) is 0 Å². The SMILES string of the molecule is COC(=O)c1cc(N2CCN(C)CC2)ccc1N(C)S(C)(=O)=O. The third kappa shape index (κ3) is 3.94. The molecule has 0 N–H and O–H groups in total. The number of hydrogen-bond acceptors (Lipinski definition) is 6. The minimum Gasteiger partial charge on any atom is -0.465 e. The predicted octanol–water partition coefficient (Wildman–Crippen LogP) is 0.621. The van der Waals surface area contributed by atoms with Crippen molar-refractivity contribution < 1.29 is 17.9 Å². The number of benzene rings is 1. The highest BCUT2D eigenvalue weighted by molar-refractivity contribution is 7.92. The molecule has 23 heavy (non-hydrogen) atoms. The van der Waals surface area contributed by atoms with E-state index in [9.17, 15) is 13.2 Å². The van der Waals surface area contributed by atoms with Gasteiger partial charge in [0, 0.05) is 38.9 Å². The average molecular weight is 341 g/mol. The largest absolute Gasteiger partial charge is 0.465 e. The molecular formula is C15H23N3O4S. The number of likely N-dealkylation sites (N-methyl/N-ethyl adjacent to an activating group) is 1. The number of sulfonamides is 1. The zero-order chi connectivity index (χ0) is 17.2. The molecule has 1 aromatic carbocycles. The smallest absolute Gasteiger partial charge is 0.340 e. The molecule has 1 heterocycles. The van der Waals surface area contributed by atoms with Gasteiger partial charge in [0.25, 0.3) is 0 Å². The van der Waals surface area contributed by atoms with Crippen LogP contribution in [-0.2, 0) is 14.8 Å². The van der Waals surface area contributed by atoms with E-state index in [0.29, 0.717) is 5.69 Å². The molecule has 2 rings (SSSR count). The summed E-state index contributed by atoms with van der Waals surface area (Å²) in [6.45, 7) is 3.61. The van der Waals surface area contributed by atoms with Crippen LogP contribution in [-0.4, -0.2) is 72.9 Å². The molecule has 0 atom stereocenters. The molecule has 1 aliphatic heterocycles. The summed E-state index contributed by atoms with van der Waals surface area (Å²) in [6.07, 6.45) is 1.10. The van der Waals surface area contributed by atoms with Crippen molar-refractivity contribution in [3.8, 4) is 0 Å². The lowest BCUT2D eigenvalue weighted by Crippen LogP contribution is -2.44. The van der Waals surface area contributed by atoms with E-state index in [0.717, 1.165) is 42.4 Å². The Morgan fingerprint density at radius 2 is 1.83 bits per heavy atom. The number of nitrogens with zero attached hydrogens (tertiary/aromatic N) is 3. The number of rotatable bonds is 4. The highest BCUT2D eigenvalue weighted by Crippen LogP contribution is 2.28. The van der Waals surface area contributed by atoms with Gasteiger partial charge in [0.2, 0.25) is 10.0 Å². The Kier molecular flexibility index (Phi) is 5.16. The Bertz CT molecular complexity index is 682. The van der Waals surface area contributed by atoms with Gasteiger partial charge in [-0.15, -0.1) is 0 Å². The molecule has 1 aliphatic rings. The van der Waals surface area contributed by atoms with Crippen LogP contribution >= 0.6 is 0 Å². The molecule has 1 aromatic rings. The van der Waals surface area contributed by atoms with Crippen molar-refractivity contribution >= 4 is 27.4 Å². The first-order valence-corrected chi connectivity index (χ1v) is 9.18. The first-order chi connectivity index (χ1) is 10.7. The third-order valence-corrected chi connectivity index (χ3v) is 5.28. The number of methoxy groups -OCH3 is 1. The van der Waals surface area contributed by atoms with Gasteiger partial charge in [0.1, 0.15) is 0 Å². The molecule has 7 nitrogen and oxygen atoms in total. The van der Waals surface area contributed by atoms with Gasteiger partial charge < -0.3 is 14.5 Å². The zero-order valence-electron chi connectivity index (χ0n) is 13.9. The van der Waals surface area contributed by atoms with Gasteiger partial charge in [-0.25, -0.2) is 13.2 Å². The summed E-state index contributed by atoms with van der Waals surface area (Å²) in [5.41, 5.74) is 1.46. The molecule has 8 heteroatoms. The van der Waals surface area contributed by atoms with E-state index in [1.807, 2.05) is 6.07 Å². The highest BCUT2D eigenvalue weighted by atomic mass is 32.2. The molecule has 0 unspecified atom stereocenters. The topological polar surface area (TPSA) is 70.2 Å². The summed E-state index contributed by atoms with van der Waals surface area (Å²) in [4.78, 5) is 16.5. The number of ether oxygens (including phenoxy) is 1. The third-order valence-electron chi connectivity index (χ3n) is 4.09. The molecular weight excluding hydrogens is 318 g/mol. The quantitative estimate of drug-likeness (QED) is 0.748. The monoisotopic (exact) mass is 341 g/mol. The standard InChI is InChI=1S/C15H23N3O4S/c1-16-7-9-18(10-8-16)12-5-6-14(17(2)23(4,20)21)13(11-12)15(19)22-3/h5-6,11H,7-10H2,1-4H3. The maximum atomic E-state index is 12.1.